The molecule has 23 heavy (non-hydrogen) atoms. The van der Waals surface area contributed by atoms with Crippen LogP contribution in [0.5, 0.6) is 0 Å². The van der Waals surface area contributed by atoms with Crippen molar-refractivity contribution >= 4 is 34.3 Å². The summed E-state index contributed by atoms with van der Waals surface area (Å²) in [6.07, 6.45) is 0. The number of anilines is 1. The first-order valence-corrected chi connectivity index (χ1v) is 8.32. The van der Waals surface area contributed by atoms with E-state index in [1.807, 2.05) is 36.4 Å². The van der Waals surface area contributed by atoms with Crippen LogP contribution in [0.4, 0.5) is 10.1 Å². The van der Waals surface area contributed by atoms with Crippen LogP contribution >= 0.6 is 11.8 Å². The second-order valence-corrected chi connectivity index (χ2v) is 6.40. The van der Waals surface area contributed by atoms with Crippen LogP contribution < -0.4 is 4.90 Å². The zero-order valence-corrected chi connectivity index (χ0v) is 13.0. The molecule has 0 aliphatic carbocycles. The lowest BCUT2D eigenvalue weighted by molar-refractivity contribution is -0.115. The van der Waals surface area contributed by atoms with Gasteiger partial charge in [0, 0.05) is 11.1 Å². The summed E-state index contributed by atoms with van der Waals surface area (Å²) >= 11 is 1.54. The fourth-order valence-corrected chi connectivity index (χ4v) is 3.87. The standard InChI is InChI=1S/C18H13FN2OS/c19-13-6-8-14(9-7-13)21-17(22)11-23-18(21)16-10-5-12-3-1-2-4-15(12)20-16/h1-10,18H,11H2. The first-order chi connectivity index (χ1) is 11.2. The van der Waals surface area contributed by atoms with Gasteiger partial charge in [-0.15, -0.1) is 11.8 Å². The van der Waals surface area contributed by atoms with Crippen LogP contribution in [0.3, 0.4) is 0 Å². The average Bonchev–Trinajstić information content (AvgIpc) is 2.97. The number of para-hydroxylation sites is 1. The summed E-state index contributed by atoms with van der Waals surface area (Å²) in [6, 6.07) is 17.9. The number of amides is 1. The van der Waals surface area contributed by atoms with Gasteiger partial charge in [0.2, 0.25) is 5.91 Å². The Hall–Kier alpha value is -2.40. The highest BCUT2D eigenvalue weighted by atomic mass is 32.2. The van der Waals surface area contributed by atoms with E-state index >= 15 is 0 Å². The second kappa shape index (κ2) is 5.66. The molecule has 1 aromatic heterocycles. The summed E-state index contributed by atoms with van der Waals surface area (Å²) in [4.78, 5) is 18.7. The lowest BCUT2D eigenvalue weighted by Gasteiger charge is -2.23. The minimum absolute atomic E-state index is 0.0153. The Morgan fingerprint density at radius 3 is 2.65 bits per heavy atom. The molecule has 2 heterocycles. The van der Waals surface area contributed by atoms with E-state index in [9.17, 15) is 9.18 Å². The van der Waals surface area contributed by atoms with E-state index in [0.29, 0.717) is 11.4 Å². The van der Waals surface area contributed by atoms with E-state index in [1.54, 1.807) is 17.0 Å². The number of nitrogens with zero attached hydrogens (tertiary/aromatic N) is 2. The first kappa shape index (κ1) is 14.2. The number of aromatic nitrogens is 1. The molecule has 5 heteroatoms. The van der Waals surface area contributed by atoms with Crippen molar-refractivity contribution in [2.75, 3.05) is 10.7 Å². The Labute approximate surface area is 137 Å². The third-order valence-corrected chi connectivity index (χ3v) is 5.03. The Bertz CT molecular complexity index is 882. The molecule has 1 atom stereocenters. The number of carbonyl (C=O) groups excluding carboxylic acids is 1. The molecule has 4 rings (SSSR count). The molecule has 0 radical (unpaired) electrons. The number of hydrogen-bond donors (Lipinski definition) is 0. The van der Waals surface area contributed by atoms with Gasteiger partial charge in [-0.3, -0.25) is 9.69 Å². The van der Waals surface area contributed by atoms with Crippen molar-refractivity contribution < 1.29 is 9.18 Å². The molecule has 1 amide bonds. The number of benzene rings is 2. The van der Waals surface area contributed by atoms with Gasteiger partial charge in [-0.05, 0) is 36.4 Å². The minimum Gasteiger partial charge on any atom is -0.293 e. The van der Waals surface area contributed by atoms with Gasteiger partial charge in [-0.25, -0.2) is 9.37 Å². The van der Waals surface area contributed by atoms with Crippen molar-refractivity contribution in [3.05, 3.63) is 72.2 Å². The molecule has 1 saturated heterocycles. The predicted molar refractivity (Wildman–Crippen MR) is 90.8 cm³/mol. The van der Waals surface area contributed by atoms with Crippen LogP contribution in [-0.2, 0) is 4.79 Å². The number of fused-ring (bicyclic) bond motifs is 1. The summed E-state index contributed by atoms with van der Waals surface area (Å²) in [5.41, 5.74) is 2.44. The summed E-state index contributed by atoms with van der Waals surface area (Å²) in [5.74, 6) is 0.103. The molecule has 3 aromatic rings. The maximum atomic E-state index is 13.1. The maximum Gasteiger partial charge on any atom is 0.238 e. The van der Waals surface area contributed by atoms with Crippen molar-refractivity contribution in [3.8, 4) is 0 Å². The molecule has 0 bridgehead atoms. The Morgan fingerprint density at radius 1 is 1.04 bits per heavy atom. The zero-order chi connectivity index (χ0) is 15.8. The summed E-state index contributed by atoms with van der Waals surface area (Å²) in [7, 11) is 0. The Balaban J connectivity index is 1.76. The maximum absolute atomic E-state index is 13.1. The zero-order valence-electron chi connectivity index (χ0n) is 12.1. The van der Waals surface area contributed by atoms with Gasteiger partial charge in [-0.1, -0.05) is 24.3 Å². The third-order valence-electron chi connectivity index (χ3n) is 3.85. The van der Waals surface area contributed by atoms with Crippen LogP contribution in [0.2, 0.25) is 0 Å². The van der Waals surface area contributed by atoms with Crippen LogP contribution in [0.1, 0.15) is 11.1 Å². The normalized spacial score (nSPS) is 17.9. The second-order valence-electron chi connectivity index (χ2n) is 5.33. The lowest BCUT2D eigenvalue weighted by Crippen LogP contribution is -2.28. The van der Waals surface area contributed by atoms with Crippen molar-refractivity contribution in [1.82, 2.24) is 4.98 Å². The van der Waals surface area contributed by atoms with E-state index in [0.717, 1.165) is 16.6 Å². The van der Waals surface area contributed by atoms with Crippen molar-refractivity contribution in [3.63, 3.8) is 0 Å². The summed E-state index contributed by atoms with van der Waals surface area (Å²) < 4.78 is 13.1. The van der Waals surface area contributed by atoms with Gasteiger partial charge < -0.3 is 0 Å². The molecule has 1 fully saturated rings. The van der Waals surface area contributed by atoms with E-state index in [1.165, 1.54) is 23.9 Å². The molecule has 1 unspecified atom stereocenters. The van der Waals surface area contributed by atoms with Crippen LogP contribution in [0.25, 0.3) is 10.9 Å². The highest BCUT2D eigenvalue weighted by molar-refractivity contribution is 8.00. The molecule has 1 aliphatic heterocycles. The largest absolute Gasteiger partial charge is 0.293 e. The molecule has 0 spiro atoms. The van der Waals surface area contributed by atoms with E-state index in [-0.39, 0.29) is 17.1 Å². The number of pyridine rings is 1. The van der Waals surface area contributed by atoms with Gasteiger partial charge in [-0.2, -0.15) is 0 Å². The molecular formula is C18H13FN2OS. The van der Waals surface area contributed by atoms with Gasteiger partial charge in [0.15, 0.2) is 0 Å². The fourth-order valence-electron chi connectivity index (χ4n) is 2.74. The predicted octanol–water partition coefficient (Wildman–Crippen LogP) is 4.15. The van der Waals surface area contributed by atoms with Gasteiger partial charge >= 0.3 is 0 Å². The number of hydrogen-bond acceptors (Lipinski definition) is 3. The molecule has 114 valence electrons. The SMILES string of the molecule is O=C1CSC(c2ccc3ccccc3n2)N1c1ccc(F)cc1. The van der Waals surface area contributed by atoms with E-state index < -0.39 is 0 Å². The molecule has 2 aromatic carbocycles. The van der Waals surface area contributed by atoms with Crippen LogP contribution in [0.15, 0.2) is 60.7 Å². The van der Waals surface area contributed by atoms with E-state index in [2.05, 4.69) is 0 Å². The summed E-state index contributed by atoms with van der Waals surface area (Å²) in [5, 5.41) is 0.886. The smallest absolute Gasteiger partial charge is 0.238 e. The van der Waals surface area contributed by atoms with E-state index in [4.69, 9.17) is 4.98 Å². The molecule has 0 N–H and O–H groups in total. The highest BCUT2D eigenvalue weighted by Gasteiger charge is 2.35. The van der Waals surface area contributed by atoms with Crippen molar-refractivity contribution in [1.29, 1.82) is 0 Å². The van der Waals surface area contributed by atoms with Crippen molar-refractivity contribution in [2.45, 2.75) is 5.37 Å². The third kappa shape index (κ3) is 2.57. The average molecular weight is 324 g/mol. The van der Waals surface area contributed by atoms with Crippen molar-refractivity contribution in [2.24, 2.45) is 0 Å². The molecule has 0 saturated carbocycles. The number of carbonyl (C=O) groups is 1. The number of rotatable bonds is 2. The number of halogens is 1. The van der Waals surface area contributed by atoms with Crippen LogP contribution in [0, 0.1) is 5.82 Å². The van der Waals surface area contributed by atoms with Gasteiger partial charge in [0.05, 0.1) is 17.0 Å². The molecule has 1 aliphatic rings. The monoisotopic (exact) mass is 324 g/mol. The Morgan fingerprint density at radius 2 is 1.83 bits per heavy atom. The molecule has 3 nitrogen and oxygen atoms in total. The minimum atomic E-state index is -0.312. The van der Waals surface area contributed by atoms with Crippen LogP contribution in [-0.4, -0.2) is 16.6 Å². The number of thioether (sulfide) groups is 1. The lowest BCUT2D eigenvalue weighted by atomic mass is 10.2. The summed E-state index contributed by atoms with van der Waals surface area (Å²) in [6.45, 7) is 0. The molecular weight excluding hydrogens is 311 g/mol. The highest BCUT2D eigenvalue weighted by Crippen LogP contribution is 2.41. The first-order valence-electron chi connectivity index (χ1n) is 7.27. The van der Waals surface area contributed by atoms with Gasteiger partial charge in [0.25, 0.3) is 0 Å². The Kier molecular flexibility index (Phi) is 3.50. The van der Waals surface area contributed by atoms with Gasteiger partial charge in [0.1, 0.15) is 11.2 Å². The topological polar surface area (TPSA) is 33.2 Å². The fraction of sp³-hybridized carbons (Fsp3) is 0.111. The quantitative estimate of drug-likeness (QED) is 0.710.